The van der Waals surface area contributed by atoms with E-state index in [9.17, 15) is 9.90 Å². The van der Waals surface area contributed by atoms with E-state index in [0.717, 1.165) is 12.8 Å². The number of hydrogen-bond acceptors (Lipinski definition) is 2. The van der Waals surface area contributed by atoms with Gasteiger partial charge in [0.15, 0.2) is 0 Å². The molecule has 1 aromatic heterocycles. The zero-order chi connectivity index (χ0) is 13.9. The van der Waals surface area contributed by atoms with Crippen LogP contribution in [0.3, 0.4) is 0 Å². The van der Waals surface area contributed by atoms with Crippen molar-refractivity contribution >= 4 is 16.9 Å². The van der Waals surface area contributed by atoms with Crippen LogP contribution in [-0.2, 0) is 11.2 Å². The third-order valence-corrected chi connectivity index (χ3v) is 5.07. The highest BCUT2D eigenvalue weighted by Gasteiger charge is 2.41. The molecule has 1 aromatic carbocycles. The number of aliphatic carboxylic acids is 1. The molecular formula is C16H18N2O2. The molecule has 2 aliphatic rings. The third kappa shape index (κ3) is 1.54. The molecule has 0 radical (unpaired) electrons. The number of aromatic nitrogens is 1. The van der Waals surface area contributed by atoms with Gasteiger partial charge in [-0.1, -0.05) is 12.1 Å². The number of carboxylic acid groups (broad SMARTS) is 1. The Labute approximate surface area is 117 Å². The lowest BCUT2D eigenvalue weighted by Gasteiger charge is -2.44. The van der Waals surface area contributed by atoms with E-state index in [2.05, 4.69) is 41.3 Å². The van der Waals surface area contributed by atoms with Gasteiger partial charge in [0.1, 0.15) is 0 Å². The largest absolute Gasteiger partial charge is 0.481 e. The van der Waals surface area contributed by atoms with Gasteiger partial charge < -0.3 is 15.0 Å². The van der Waals surface area contributed by atoms with Crippen molar-refractivity contribution in [3.8, 4) is 0 Å². The molecule has 1 saturated heterocycles. The molecule has 4 nitrogen and oxygen atoms in total. The summed E-state index contributed by atoms with van der Waals surface area (Å²) in [5.74, 6) is -0.582. The first-order valence-corrected chi connectivity index (χ1v) is 7.17. The quantitative estimate of drug-likeness (QED) is 0.835. The third-order valence-electron chi connectivity index (χ3n) is 5.07. The lowest BCUT2D eigenvalue weighted by atomic mass is 9.72. The maximum atomic E-state index is 11.4. The molecule has 104 valence electrons. The highest BCUT2D eigenvalue weighted by atomic mass is 16.4. The van der Waals surface area contributed by atoms with Crippen molar-refractivity contribution in [2.45, 2.75) is 24.8 Å². The summed E-state index contributed by atoms with van der Waals surface area (Å²) in [6, 6.07) is 6.78. The molecule has 0 amide bonds. The molecule has 1 aliphatic heterocycles. The highest BCUT2D eigenvalue weighted by Crippen LogP contribution is 2.44. The van der Waals surface area contributed by atoms with Crippen LogP contribution in [0.2, 0.25) is 0 Å². The van der Waals surface area contributed by atoms with Crippen LogP contribution in [0.4, 0.5) is 0 Å². The lowest BCUT2D eigenvalue weighted by Crippen LogP contribution is -2.49. The van der Waals surface area contributed by atoms with Crippen molar-refractivity contribution in [2.24, 2.45) is 5.92 Å². The first-order valence-electron chi connectivity index (χ1n) is 7.17. The average Bonchev–Trinajstić information content (AvgIpc) is 2.84. The first kappa shape index (κ1) is 12.0. The van der Waals surface area contributed by atoms with E-state index in [-0.39, 0.29) is 5.92 Å². The van der Waals surface area contributed by atoms with Crippen LogP contribution in [0.15, 0.2) is 24.4 Å². The summed E-state index contributed by atoms with van der Waals surface area (Å²) in [4.78, 5) is 17.0. The van der Waals surface area contributed by atoms with Gasteiger partial charge in [0.25, 0.3) is 0 Å². The van der Waals surface area contributed by atoms with Crippen LogP contribution in [0.1, 0.15) is 23.5 Å². The summed E-state index contributed by atoms with van der Waals surface area (Å²) in [6.45, 7) is 0.659. The van der Waals surface area contributed by atoms with Crippen LogP contribution >= 0.6 is 0 Å². The smallest absolute Gasteiger partial charge is 0.307 e. The minimum atomic E-state index is -0.664. The Morgan fingerprint density at radius 2 is 2.30 bits per heavy atom. The summed E-state index contributed by atoms with van der Waals surface area (Å²) < 4.78 is 0. The zero-order valence-corrected chi connectivity index (χ0v) is 11.5. The van der Waals surface area contributed by atoms with Gasteiger partial charge in [0.2, 0.25) is 0 Å². The SMILES string of the molecule is CN1C[C@@H](C(=O)O)CC2c3cccc4[nH]cc(c34)C[C@H]21. The highest BCUT2D eigenvalue weighted by molar-refractivity contribution is 5.88. The van der Waals surface area contributed by atoms with Crippen molar-refractivity contribution < 1.29 is 9.90 Å². The van der Waals surface area contributed by atoms with Gasteiger partial charge in [-0.3, -0.25) is 4.79 Å². The van der Waals surface area contributed by atoms with Crippen LogP contribution in [-0.4, -0.2) is 40.6 Å². The Kier molecular flexibility index (Phi) is 2.45. The van der Waals surface area contributed by atoms with E-state index in [1.165, 1.54) is 22.0 Å². The average molecular weight is 270 g/mol. The van der Waals surface area contributed by atoms with E-state index in [4.69, 9.17) is 0 Å². The molecule has 2 N–H and O–H groups in total. The van der Waals surface area contributed by atoms with Gasteiger partial charge in [0, 0.05) is 35.6 Å². The molecular weight excluding hydrogens is 252 g/mol. The van der Waals surface area contributed by atoms with Gasteiger partial charge in [0.05, 0.1) is 5.92 Å². The lowest BCUT2D eigenvalue weighted by molar-refractivity contribution is -0.144. The monoisotopic (exact) mass is 270 g/mol. The molecule has 2 heterocycles. The number of likely N-dealkylation sites (N-methyl/N-ethyl adjacent to an activating group) is 1. The fourth-order valence-electron chi connectivity index (χ4n) is 4.12. The number of carboxylic acids is 1. The number of fused-ring (bicyclic) bond motifs is 2. The minimum absolute atomic E-state index is 0.253. The van der Waals surface area contributed by atoms with Gasteiger partial charge in [-0.2, -0.15) is 0 Å². The fraction of sp³-hybridized carbons (Fsp3) is 0.438. The van der Waals surface area contributed by atoms with E-state index in [1.54, 1.807) is 0 Å². The fourth-order valence-corrected chi connectivity index (χ4v) is 4.12. The molecule has 0 bridgehead atoms. The second kappa shape index (κ2) is 4.09. The van der Waals surface area contributed by atoms with E-state index >= 15 is 0 Å². The van der Waals surface area contributed by atoms with Crippen molar-refractivity contribution in [3.05, 3.63) is 35.5 Å². The van der Waals surface area contributed by atoms with Crippen LogP contribution in [0, 0.1) is 5.92 Å². The van der Waals surface area contributed by atoms with E-state index in [0.29, 0.717) is 18.5 Å². The standard InChI is InChI=1S/C16H18N2O2/c1-18-8-10(16(19)20)5-12-11-3-2-4-13-15(11)9(7-17-13)6-14(12)18/h2-4,7,10,12,14,17H,5-6,8H2,1H3,(H,19,20)/t10-,12?,14+/m0/s1. The molecule has 1 fully saturated rings. The Morgan fingerprint density at radius 1 is 1.45 bits per heavy atom. The second-order valence-corrected chi connectivity index (χ2v) is 6.17. The van der Waals surface area contributed by atoms with Crippen LogP contribution in [0.5, 0.6) is 0 Å². The number of H-pyrrole nitrogens is 1. The number of hydrogen-bond donors (Lipinski definition) is 2. The van der Waals surface area contributed by atoms with Crippen molar-refractivity contribution in [1.82, 2.24) is 9.88 Å². The number of benzene rings is 1. The maximum absolute atomic E-state index is 11.4. The molecule has 1 aliphatic carbocycles. The van der Waals surface area contributed by atoms with Crippen LogP contribution < -0.4 is 0 Å². The first-order chi connectivity index (χ1) is 9.65. The molecule has 4 rings (SSSR count). The molecule has 4 heteroatoms. The summed E-state index contributed by atoms with van der Waals surface area (Å²) in [5.41, 5.74) is 3.88. The predicted molar refractivity (Wildman–Crippen MR) is 76.9 cm³/mol. The molecule has 1 unspecified atom stereocenters. The summed E-state index contributed by atoms with van der Waals surface area (Å²) >= 11 is 0. The summed E-state index contributed by atoms with van der Waals surface area (Å²) in [7, 11) is 2.06. The number of nitrogens with zero attached hydrogens (tertiary/aromatic N) is 1. The number of piperidine rings is 1. The second-order valence-electron chi connectivity index (χ2n) is 6.17. The Hall–Kier alpha value is -1.81. The summed E-state index contributed by atoms with van der Waals surface area (Å²) in [5, 5.41) is 10.7. The predicted octanol–water partition coefficient (Wildman–Crippen LogP) is 2.21. The number of nitrogens with one attached hydrogen (secondary N) is 1. The topological polar surface area (TPSA) is 56.3 Å². The molecule has 3 atom stereocenters. The van der Waals surface area contributed by atoms with Crippen molar-refractivity contribution in [3.63, 3.8) is 0 Å². The van der Waals surface area contributed by atoms with Gasteiger partial charge >= 0.3 is 5.97 Å². The van der Waals surface area contributed by atoms with Gasteiger partial charge in [-0.25, -0.2) is 0 Å². The number of carbonyl (C=O) groups is 1. The number of likely N-dealkylation sites (tertiary alicyclic amines) is 1. The zero-order valence-electron chi connectivity index (χ0n) is 11.5. The Morgan fingerprint density at radius 3 is 3.10 bits per heavy atom. The van der Waals surface area contributed by atoms with E-state index in [1.807, 2.05) is 0 Å². The molecule has 0 spiro atoms. The normalized spacial score (nSPS) is 29.4. The maximum Gasteiger partial charge on any atom is 0.307 e. The minimum Gasteiger partial charge on any atom is -0.481 e. The Bertz CT molecular complexity index is 691. The molecule has 2 aromatic rings. The number of aromatic amines is 1. The van der Waals surface area contributed by atoms with Crippen molar-refractivity contribution in [1.29, 1.82) is 0 Å². The summed E-state index contributed by atoms with van der Waals surface area (Å²) in [6.07, 6.45) is 3.89. The molecule has 20 heavy (non-hydrogen) atoms. The van der Waals surface area contributed by atoms with Gasteiger partial charge in [-0.05, 0) is 37.1 Å². The van der Waals surface area contributed by atoms with Crippen LogP contribution in [0.25, 0.3) is 10.9 Å². The van der Waals surface area contributed by atoms with E-state index < -0.39 is 5.97 Å². The molecule has 0 saturated carbocycles. The number of rotatable bonds is 1. The Balaban J connectivity index is 1.85. The van der Waals surface area contributed by atoms with Crippen molar-refractivity contribution in [2.75, 3.05) is 13.6 Å². The van der Waals surface area contributed by atoms with Gasteiger partial charge in [-0.15, -0.1) is 0 Å².